The Morgan fingerprint density at radius 1 is 0.886 bits per heavy atom. The third-order valence-corrected chi connectivity index (χ3v) is 9.13. The molecule has 0 bridgehead atoms. The van der Waals surface area contributed by atoms with Crippen molar-refractivity contribution in [2.45, 2.75) is 39.2 Å². The topological polar surface area (TPSA) is 77.1 Å². The van der Waals surface area contributed by atoms with Gasteiger partial charge in [0.25, 0.3) is 0 Å². The van der Waals surface area contributed by atoms with Gasteiger partial charge in [-0.15, -0.1) is 0 Å². The second-order valence-electron chi connectivity index (χ2n) is 12.2. The van der Waals surface area contributed by atoms with Crippen LogP contribution in [0.4, 0.5) is 5.69 Å². The Morgan fingerprint density at radius 2 is 1.66 bits per heavy atom. The highest BCUT2D eigenvalue weighted by atomic mass is 16.5. The van der Waals surface area contributed by atoms with Gasteiger partial charge in [-0.2, -0.15) is 10.2 Å². The Hall–Kier alpha value is -4.50. The van der Waals surface area contributed by atoms with E-state index in [0.717, 1.165) is 95.5 Å². The zero-order chi connectivity index (χ0) is 30.4. The Morgan fingerprint density at radius 3 is 2.36 bits per heavy atom. The van der Waals surface area contributed by atoms with Crippen molar-refractivity contribution in [3.63, 3.8) is 0 Å². The van der Waals surface area contributed by atoms with Gasteiger partial charge in [0.15, 0.2) is 0 Å². The van der Waals surface area contributed by atoms with E-state index in [-0.39, 0.29) is 0 Å². The van der Waals surface area contributed by atoms with Gasteiger partial charge in [-0.3, -0.25) is 14.3 Å². The number of aryl methyl sites for hydroxylation is 4. The first-order valence-electron chi connectivity index (χ1n) is 15.5. The van der Waals surface area contributed by atoms with Crippen LogP contribution < -0.4 is 9.64 Å². The fraction of sp³-hybridized carbons (Fsp3) is 0.371. The molecule has 9 heteroatoms. The molecular weight excluding hydrogens is 548 g/mol. The summed E-state index contributed by atoms with van der Waals surface area (Å²) in [6.07, 6.45) is 8.31. The van der Waals surface area contributed by atoms with E-state index in [1.54, 1.807) is 7.11 Å². The molecule has 1 fully saturated rings. The minimum atomic E-state index is 0.586. The number of rotatable bonds is 7. The molecule has 0 atom stereocenters. The molecule has 0 unspecified atom stereocenters. The van der Waals surface area contributed by atoms with Crippen LogP contribution in [0.2, 0.25) is 0 Å². The molecule has 44 heavy (non-hydrogen) atoms. The number of nitrogens with zero attached hydrogens (tertiary/aromatic N) is 8. The molecule has 0 radical (unpaired) electrons. The molecule has 2 aromatic carbocycles. The van der Waals surface area contributed by atoms with Gasteiger partial charge in [-0.05, 0) is 43.9 Å². The van der Waals surface area contributed by atoms with E-state index >= 15 is 0 Å². The molecule has 5 aromatic rings. The van der Waals surface area contributed by atoms with Crippen molar-refractivity contribution in [3.8, 4) is 39.4 Å². The Bertz CT molecular complexity index is 1790. The lowest BCUT2D eigenvalue weighted by Gasteiger charge is -2.38. The molecule has 1 saturated heterocycles. The van der Waals surface area contributed by atoms with E-state index in [1.165, 1.54) is 11.3 Å². The highest BCUT2D eigenvalue weighted by molar-refractivity contribution is 5.84. The first kappa shape index (κ1) is 28.3. The summed E-state index contributed by atoms with van der Waals surface area (Å²) in [5, 5.41) is 9.26. The SMILES string of the molecule is COc1cc(N2CCN(C(C)C)CC2)ccc1Cc1ncc2c(n1)-c1c(nn(C)c1-c1ccc(-c3cnn(C)c3)cc1)CC2. The zero-order valence-electron chi connectivity index (χ0n) is 26.3. The van der Waals surface area contributed by atoms with Crippen LogP contribution in [0.5, 0.6) is 5.75 Å². The monoisotopic (exact) mass is 588 g/mol. The maximum absolute atomic E-state index is 5.89. The van der Waals surface area contributed by atoms with Crippen LogP contribution in [0, 0.1) is 0 Å². The lowest BCUT2D eigenvalue weighted by Crippen LogP contribution is -2.48. The smallest absolute Gasteiger partial charge is 0.133 e. The maximum Gasteiger partial charge on any atom is 0.133 e. The Labute approximate surface area is 259 Å². The maximum atomic E-state index is 5.89. The molecule has 4 heterocycles. The Balaban J connectivity index is 1.17. The zero-order valence-corrected chi connectivity index (χ0v) is 26.3. The number of hydrogen-bond acceptors (Lipinski definition) is 7. The fourth-order valence-corrected chi connectivity index (χ4v) is 6.65. The van der Waals surface area contributed by atoms with Gasteiger partial charge in [0.05, 0.1) is 30.4 Å². The van der Waals surface area contributed by atoms with Crippen molar-refractivity contribution in [1.82, 2.24) is 34.4 Å². The standard InChI is InChI=1S/C35H40N8O/c1-23(2)42-14-16-43(17-15-42)29-12-10-26(31(19-29)44-5)18-32-36-20-27-11-13-30-33(34(27)38-32)35(41(4)39-30)25-8-6-24(7-9-25)28-21-37-40(3)22-28/h6-10,12,19-23H,11,13-18H2,1-5H3. The van der Waals surface area contributed by atoms with Crippen LogP contribution >= 0.6 is 0 Å². The first-order valence-corrected chi connectivity index (χ1v) is 15.5. The van der Waals surface area contributed by atoms with Crippen molar-refractivity contribution in [2.75, 3.05) is 38.2 Å². The summed E-state index contributed by atoms with van der Waals surface area (Å²) < 4.78 is 9.72. The number of fused-ring (bicyclic) bond motifs is 3. The van der Waals surface area contributed by atoms with Crippen molar-refractivity contribution in [3.05, 3.63) is 83.7 Å². The Kier molecular flexibility index (Phi) is 7.42. The summed E-state index contributed by atoms with van der Waals surface area (Å²) >= 11 is 0. The fourth-order valence-electron chi connectivity index (χ4n) is 6.65. The molecule has 0 N–H and O–H groups in total. The molecule has 7 rings (SSSR count). The first-order chi connectivity index (χ1) is 21.4. The van der Waals surface area contributed by atoms with Gasteiger partial charge >= 0.3 is 0 Å². The van der Waals surface area contributed by atoms with Crippen LogP contribution in [-0.2, 0) is 33.4 Å². The van der Waals surface area contributed by atoms with Crippen LogP contribution in [0.1, 0.15) is 36.5 Å². The van der Waals surface area contributed by atoms with E-state index < -0.39 is 0 Å². The summed E-state index contributed by atoms with van der Waals surface area (Å²) in [7, 11) is 5.72. The second-order valence-corrected chi connectivity index (χ2v) is 12.2. The van der Waals surface area contributed by atoms with Crippen molar-refractivity contribution in [1.29, 1.82) is 0 Å². The van der Waals surface area contributed by atoms with E-state index in [2.05, 4.69) is 71.2 Å². The number of aromatic nitrogens is 6. The van der Waals surface area contributed by atoms with Gasteiger partial charge < -0.3 is 9.64 Å². The van der Waals surface area contributed by atoms with E-state index in [4.69, 9.17) is 19.8 Å². The summed E-state index contributed by atoms with van der Waals surface area (Å²) in [6.45, 7) is 8.75. The highest BCUT2D eigenvalue weighted by Crippen LogP contribution is 2.40. The molecule has 9 nitrogen and oxygen atoms in total. The average Bonchev–Trinajstić information content (AvgIpc) is 3.63. The molecule has 2 aliphatic rings. The van der Waals surface area contributed by atoms with Gasteiger partial charge in [0.2, 0.25) is 0 Å². The van der Waals surface area contributed by atoms with Gasteiger partial charge in [0, 0.05) is 99.1 Å². The summed E-state index contributed by atoms with van der Waals surface area (Å²) in [4.78, 5) is 15.0. The highest BCUT2D eigenvalue weighted by Gasteiger charge is 2.27. The van der Waals surface area contributed by atoms with E-state index in [9.17, 15) is 0 Å². The molecular formula is C35H40N8O. The lowest BCUT2D eigenvalue weighted by molar-refractivity contribution is 0.209. The molecule has 0 spiro atoms. The van der Waals surface area contributed by atoms with Crippen LogP contribution in [-0.4, -0.2) is 73.8 Å². The third kappa shape index (κ3) is 5.26. The molecule has 0 saturated carbocycles. The van der Waals surface area contributed by atoms with Gasteiger partial charge in [-0.1, -0.05) is 30.3 Å². The van der Waals surface area contributed by atoms with Crippen LogP contribution in [0.3, 0.4) is 0 Å². The van der Waals surface area contributed by atoms with Crippen molar-refractivity contribution >= 4 is 5.69 Å². The molecule has 3 aromatic heterocycles. The number of piperazine rings is 1. The largest absolute Gasteiger partial charge is 0.496 e. The second kappa shape index (κ2) is 11.5. The number of anilines is 1. The number of methoxy groups -OCH3 is 1. The average molecular weight is 589 g/mol. The van der Waals surface area contributed by atoms with Crippen LogP contribution in [0.25, 0.3) is 33.6 Å². The van der Waals surface area contributed by atoms with Gasteiger partial charge in [0.1, 0.15) is 11.6 Å². The minimum absolute atomic E-state index is 0.586. The molecule has 0 amide bonds. The molecule has 1 aliphatic carbocycles. The summed E-state index contributed by atoms with van der Waals surface area (Å²) in [5.41, 5.74) is 11.1. The lowest BCUT2D eigenvalue weighted by atomic mass is 9.91. The number of hydrogen-bond donors (Lipinski definition) is 0. The van der Waals surface area contributed by atoms with Crippen LogP contribution in [0.15, 0.2) is 61.1 Å². The van der Waals surface area contributed by atoms with Crippen molar-refractivity contribution in [2.24, 2.45) is 14.1 Å². The minimum Gasteiger partial charge on any atom is -0.496 e. The molecule has 1 aliphatic heterocycles. The molecule has 226 valence electrons. The predicted octanol–water partition coefficient (Wildman–Crippen LogP) is 5.17. The number of benzene rings is 2. The van der Waals surface area contributed by atoms with E-state index in [1.807, 2.05) is 42.0 Å². The summed E-state index contributed by atoms with van der Waals surface area (Å²) in [5.74, 6) is 1.67. The normalized spacial score (nSPS) is 15.0. The third-order valence-electron chi connectivity index (χ3n) is 9.13. The predicted molar refractivity (Wildman–Crippen MR) is 174 cm³/mol. The van der Waals surface area contributed by atoms with E-state index in [0.29, 0.717) is 12.5 Å². The number of ether oxygens (including phenoxy) is 1. The van der Waals surface area contributed by atoms with Gasteiger partial charge in [-0.25, -0.2) is 9.97 Å². The van der Waals surface area contributed by atoms with Crippen molar-refractivity contribution < 1.29 is 4.74 Å². The quantitative estimate of drug-likeness (QED) is 0.260. The summed E-state index contributed by atoms with van der Waals surface area (Å²) in [6, 6.07) is 15.8.